The minimum absolute atomic E-state index is 0.185. The van der Waals surface area contributed by atoms with E-state index >= 15 is 0 Å². The van der Waals surface area contributed by atoms with Gasteiger partial charge in [0.15, 0.2) is 0 Å². The van der Waals surface area contributed by atoms with Gasteiger partial charge in [0, 0.05) is 4.47 Å². The molecule has 13 heavy (non-hydrogen) atoms. The summed E-state index contributed by atoms with van der Waals surface area (Å²) < 4.78 is 0.822. The van der Waals surface area contributed by atoms with Gasteiger partial charge in [-0.3, -0.25) is 0 Å². The molecule has 0 aromatic heterocycles. The quantitative estimate of drug-likeness (QED) is 0.741. The Hall–Kier alpha value is -1.22. The zero-order valence-corrected chi connectivity index (χ0v) is 8.25. The van der Waals surface area contributed by atoms with Gasteiger partial charge in [0.25, 0.3) is 0 Å². The standard InChI is InChI=1S/C10H7BrO2/c11-10-5-8(13)4-6-3-7(12)1-2-9(6)10/h1-5,12-13H. The average molecular weight is 239 g/mol. The normalized spacial score (nSPS) is 10.5. The Morgan fingerprint density at radius 1 is 0.923 bits per heavy atom. The molecule has 0 amide bonds. The highest BCUT2D eigenvalue weighted by Crippen LogP contribution is 2.30. The number of aromatic hydroxyl groups is 2. The van der Waals surface area contributed by atoms with E-state index in [1.165, 1.54) is 0 Å². The minimum Gasteiger partial charge on any atom is -0.508 e. The number of hydrogen-bond acceptors (Lipinski definition) is 2. The molecule has 0 saturated carbocycles. The van der Waals surface area contributed by atoms with Gasteiger partial charge in [-0.05, 0) is 41.1 Å². The van der Waals surface area contributed by atoms with Crippen molar-refractivity contribution in [3.05, 3.63) is 34.8 Å². The number of rotatable bonds is 0. The van der Waals surface area contributed by atoms with Crippen LogP contribution in [0.25, 0.3) is 10.8 Å². The van der Waals surface area contributed by atoms with E-state index in [2.05, 4.69) is 15.9 Å². The van der Waals surface area contributed by atoms with Crippen LogP contribution in [0.3, 0.4) is 0 Å². The summed E-state index contributed by atoms with van der Waals surface area (Å²) in [7, 11) is 0. The summed E-state index contributed by atoms with van der Waals surface area (Å²) in [6.07, 6.45) is 0. The summed E-state index contributed by atoms with van der Waals surface area (Å²) in [4.78, 5) is 0. The van der Waals surface area contributed by atoms with E-state index in [4.69, 9.17) is 0 Å². The monoisotopic (exact) mass is 238 g/mol. The van der Waals surface area contributed by atoms with Crippen molar-refractivity contribution in [1.82, 2.24) is 0 Å². The van der Waals surface area contributed by atoms with Gasteiger partial charge in [-0.25, -0.2) is 0 Å². The van der Waals surface area contributed by atoms with Gasteiger partial charge in [-0.2, -0.15) is 0 Å². The van der Waals surface area contributed by atoms with Crippen molar-refractivity contribution >= 4 is 26.7 Å². The van der Waals surface area contributed by atoms with E-state index in [0.29, 0.717) is 0 Å². The van der Waals surface area contributed by atoms with Crippen molar-refractivity contribution in [2.75, 3.05) is 0 Å². The number of phenolic OH excluding ortho intramolecular Hbond substituents is 2. The Kier molecular flexibility index (Phi) is 1.88. The topological polar surface area (TPSA) is 40.5 Å². The Morgan fingerprint density at radius 2 is 1.62 bits per heavy atom. The molecular weight excluding hydrogens is 232 g/mol. The number of benzene rings is 2. The average Bonchev–Trinajstić information content (AvgIpc) is 2.02. The SMILES string of the molecule is Oc1ccc2c(Br)cc(O)cc2c1. The Labute approximate surface area is 83.6 Å². The van der Waals surface area contributed by atoms with Crippen LogP contribution in [-0.2, 0) is 0 Å². The fourth-order valence-electron chi connectivity index (χ4n) is 1.30. The Balaban J connectivity index is 2.86. The first-order valence-electron chi connectivity index (χ1n) is 3.78. The van der Waals surface area contributed by atoms with Crippen LogP contribution < -0.4 is 0 Å². The van der Waals surface area contributed by atoms with Crippen molar-refractivity contribution in [3.8, 4) is 11.5 Å². The molecule has 2 aromatic carbocycles. The molecule has 0 radical (unpaired) electrons. The molecule has 2 nitrogen and oxygen atoms in total. The molecule has 0 saturated heterocycles. The molecule has 2 rings (SSSR count). The maximum atomic E-state index is 9.29. The zero-order chi connectivity index (χ0) is 9.42. The third-order valence-electron chi connectivity index (χ3n) is 1.87. The lowest BCUT2D eigenvalue weighted by Gasteiger charge is -2.02. The molecule has 2 aromatic rings. The van der Waals surface area contributed by atoms with Crippen molar-refractivity contribution < 1.29 is 10.2 Å². The Bertz CT molecular complexity index is 460. The molecule has 2 N–H and O–H groups in total. The maximum Gasteiger partial charge on any atom is 0.117 e. The van der Waals surface area contributed by atoms with Gasteiger partial charge in [-0.15, -0.1) is 0 Å². The minimum atomic E-state index is 0.185. The van der Waals surface area contributed by atoms with E-state index in [1.807, 2.05) is 0 Å². The van der Waals surface area contributed by atoms with E-state index in [1.54, 1.807) is 30.3 Å². The van der Waals surface area contributed by atoms with Crippen molar-refractivity contribution in [2.24, 2.45) is 0 Å². The third kappa shape index (κ3) is 1.47. The van der Waals surface area contributed by atoms with Crippen LogP contribution >= 0.6 is 15.9 Å². The van der Waals surface area contributed by atoms with Gasteiger partial charge in [0.2, 0.25) is 0 Å². The number of phenols is 2. The van der Waals surface area contributed by atoms with Crippen molar-refractivity contribution in [1.29, 1.82) is 0 Å². The molecule has 0 fully saturated rings. The third-order valence-corrected chi connectivity index (χ3v) is 2.53. The highest BCUT2D eigenvalue weighted by atomic mass is 79.9. The Morgan fingerprint density at radius 3 is 2.38 bits per heavy atom. The van der Waals surface area contributed by atoms with Crippen molar-refractivity contribution in [3.63, 3.8) is 0 Å². The summed E-state index contributed by atoms with van der Waals surface area (Å²) >= 11 is 3.33. The number of halogens is 1. The summed E-state index contributed by atoms with van der Waals surface area (Å²) in [5.41, 5.74) is 0. The first kappa shape index (κ1) is 8.38. The van der Waals surface area contributed by atoms with Gasteiger partial charge >= 0.3 is 0 Å². The summed E-state index contributed by atoms with van der Waals surface area (Å²) in [6, 6.07) is 8.26. The molecular formula is C10H7BrO2. The highest BCUT2D eigenvalue weighted by molar-refractivity contribution is 9.10. The summed E-state index contributed by atoms with van der Waals surface area (Å²) in [5, 5.41) is 20.3. The van der Waals surface area contributed by atoms with E-state index < -0.39 is 0 Å². The fraction of sp³-hybridized carbons (Fsp3) is 0. The number of hydrogen-bond donors (Lipinski definition) is 2. The molecule has 0 aliphatic rings. The van der Waals surface area contributed by atoms with Crippen LogP contribution in [0.2, 0.25) is 0 Å². The molecule has 0 aliphatic carbocycles. The lowest BCUT2D eigenvalue weighted by atomic mass is 10.1. The van der Waals surface area contributed by atoms with Crippen LogP contribution in [0.15, 0.2) is 34.8 Å². The van der Waals surface area contributed by atoms with Gasteiger partial charge in [0.05, 0.1) is 0 Å². The predicted octanol–water partition coefficient (Wildman–Crippen LogP) is 3.01. The lowest BCUT2D eigenvalue weighted by molar-refractivity contribution is 0.474. The highest BCUT2D eigenvalue weighted by Gasteiger charge is 2.01. The van der Waals surface area contributed by atoms with Gasteiger partial charge in [-0.1, -0.05) is 15.9 Å². The van der Waals surface area contributed by atoms with Gasteiger partial charge < -0.3 is 10.2 Å². The second-order valence-corrected chi connectivity index (χ2v) is 3.69. The molecule has 0 spiro atoms. The predicted molar refractivity (Wildman–Crippen MR) is 55.0 cm³/mol. The lowest BCUT2D eigenvalue weighted by Crippen LogP contribution is -1.75. The van der Waals surface area contributed by atoms with Crippen LogP contribution in [0.4, 0.5) is 0 Å². The van der Waals surface area contributed by atoms with E-state index in [-0.39, 0.29) is 11.5 Å². The second-order valence-electron chi connectivity index (χ2n) is 2.83. The van der Waals surface area contributed by atoms with Crippen LogP contribution in [0, 0.1) is 0 Å². The largest absolute Gasteiger partial charge is 0.508 e. The smallest absolute Gasteiger partial charge is 0.117 e. The van der Waals surface area contributed by atoms with Crippen molar-refractivity contribution in [2.45, 2.75) is 0 Å². The van der Waals surface area contributed by atoms with Crippen LogP contribution in [0.1, 0.15) is 0 Å². The molecule has 3 heteroatoms. The molecule has 0 aliphatic heterocycles. The molecule has 0 unspecified atom stereocenters. The first-order valence-corrected chi connectivity index (χ1v) is 4.57. The van der Waals surface area contributed by atoms with Crippen LogP contribution in [0.5, 0.6) is 11.5 Å². The maximum absolute atomic E-state index is 9.29. The first-order chi connectivity index (χ1) is 6.16. The fourth-order valence-corrected chi connectivity index (χ4v) is 1.89. The molecule has 0 bridgehead atoms. The van der Waals surface area contributed by atoms with E-state index in [9.17, 15) is 10.2 Å². The second kappa shape index (κ2) is 2.92. The summed E-state index contributed by atoms with van der Waals surface area (Å²) in [5.74, 6) is 0.384. The molecule has 66 valence electrons. The molecule has 0 atom stereocenters. The van der Waals surface area contributed by atoms with Crippen LogP contribution in [-0.4, -0.2) is 10.2 Å². The zero-order valence-electron chi connectivity index (χ0n) is 6.66. The number of fused-ring (bicyclic) bond motifs is 1. The molecule has 0 heterocycles. The van der Waals surface area contributed by atoms with Gasteiger partial charge in [0.1, 0.15) is 11.5 Å². The summed E-state index contributed by atoms with van der Waals surface area (Å²) in [6.45, 7) is 0. The van der Waals surface area contributed by atoms with E-state index in [0.717, 1.165) is 15.2 Å².